The van der Waals surface area contributed by atoms with E-state index in [2.05, 4.69) is 16.9 Å². The van der Waals surface area contributed by atoms with Gasteiger partial charge in [0.05, 0.1) is 17.2 Å². The third-order valence-corrected chi connectivity index (χ3v) is 3.98. The van der Waals surface area contributed by atoms with Crippen LogP contribution in [0, 0.1) is 0 Å². The molecule has 1 atom stereocenters. The normalized spacial score (nSPS) is 12.5. The Morgan fingerprint density at radius 1 is 1.23 bits per heavy atom. The minimum absolute atomic E-state index is 0.0247. The van der Waals surface area contributed by atoms with Crippen molar-refractivity contribution >= 4 is 10.9 Å². The molecule has 0 radical (unpaired) electrons. The van der Waals surface area contributed by atoms with Gasteiger partial charge in [0, 0.05) is 18.4 Å². The smallest absolute Gasteiger partial charge is 0.261 e. The van der Waals surface area contributed by atoms with Crippen LogP contribution in [0.2, 0.25) is 0 Å². The molecule has 2 aromatic heterocycles. The molecule has 0 aliphatic heterocycles. The second-order valence-corrected chi connectivity index (χ2v) is 5.58. The van der Waals surface area contributed by atoms with E-state index in [1.165, 1.54) is 0 Å². The molecule has 0 bridgehead atoms. The average molecular weight is 293 g/mol. The van der Waals surface area contributed by atoms with Gasteiger partial charge in [-0.2, -0.15) is 0 Å². The summed E-state index contributed by atoms with van der Waals surface area (Å²) in [7, 11) is 0. The molecule has 3 rings (SSSR count). The monoisotopic (exact) mass is 293 g/mol. The number of hydrogen-bond acceptors (Lipinski definition) is 3. The molecule has 112 valence electrons. The molecule has 0 aliphatic rings. The Balaban J connectivity index is 2.00. The molecule has 4 heteroatoms. The minimum atomic E-state index is 0.0247. The highest BCUT2D eigenvalue weighted by molar-refractivity contribution is 5.78. The second-order valence-electron chi connectivity index (χ2n) is 5.58. The number of hydrogen-bond donors (Lipinski definition) is 0. The van der Waals surface area contributed by atoms with E-state index in [0.717, 1.165) is 29.5 Å². The summed E-state index contributed by atoms with van der Waals surface area (Å²) in [4.78, 5) is 21.3. The van der Waals surface area contributed by atoms with E-state index in [1.54, 1.807) is 17.1 Å². The van der Waals surface area contributed by atoms with Crippen molar-refractivity contribution in [2.45, 2.75) is 32.7 Å². The van der Waals surface area contributed by atoms with Crippen LogP contribution >= 0.6 is 0 Å². The average Bonchev–Trinajstić information content (AvgIpc) is 2.56. The molecule has 0 fully saturated rings. The van der Waals surface area contributed by atoms with E-state index >= 15 is 0 Å². The predicted molar refractivity (Wildman–Crippen MR) is 88.0 cm³/mol. The first-order valence-electron chi connectivity index (χ1n) is 7.57. The molecule has 0 saturated carbocycles. The van der Waals surface area contributed by atoms with Gasteiger partial charge < -0.3 is 0 Å². The summed E-state index contributed by atoms with van der Waals surface area (Å²) in [6.07, 6.45) is 6.91. The van der Waals surface area contributed by atoms with Gasteiger partial charge in [0.25, 0.3) is 5.56 Å². The first-order valence-corrected chi connectivity index (χ1v) is 7.57. The Bertz CT molecular complexity index is 840. The van der Waals surface area contributed by atoms with Gasteiger partial charge in [-0.3, -0.25) is 14.3 Å². The van der Waals surface area contributed by atoms with Crippen LogP contribution in [0.3, 0.4) is 0 Å². The standard InChI is InChI=1S/C18H19N3O/c1-3-14-6-7-17-16(10-14)18(22)21(12-20-17)13(2)9-15-5-4-8-19-11-15/h4-8,10-13H,3,9H2,1-2H3. The molecule has 0 aliphatic carbocycles. The topological polar surface area (TPSA) is 47.8 Å². The van der Waals surface area contributed by atoms with Crippen molar-refractivity contribution in [3.05, 3.63) is 70.5 Å². The molecule has 4 nitrogen and oxygen atoms in total. The van der Waals surface area contributed by atoms with E-state index in [1.807, 2.05) is 43.5 Å². The Kier molecular flexibility index (Phi) is 4.00. The quantitative estimate of drug-likeness (QED) is 0.742. The highest BCUT2D eigenvalue weighted by atomic mass is 16.1. The number of nitrogens with zero attached hydrogens (tertiary/aromatic N) is 3. The van der Waals surface area contributed by atoms with Crippen LogP contribution in [-0.2, 0) is 12.8 Å². The number of rotatable bonds is 4. The predicted octanol–water partition coefficient (Wildman–Crippen LogP) is 3.16. The van der Waals surface area contributed by atoms with Crippen molar-refractivity contribution in [2.24, 2.45) is 0 Å². The third kappa shape index (κ3) is 2.77. The fourth-order valence-corrected chi connectivity index (χ4v) is 2.68. The van der Waals surface area contributed by atoms with Gasteiger partial charge in [-0.25, -0.2) is 4.98 Å². The van der Waals surface area contributed by atoms with Gasteiger partial charge in [-0.05, 0) is 49.1 Å². The number of aromatic nitrogens is 3. The molecule has 0 N–H and O–H groups in total. The highest BCUT2D eigenvalue weighted by Gasteiger charge is 2.11. The summed E-state index contributed by atoms with van der Waals surface area (Å²) in [5, 5.41) is 0.694. The van der Waals surface area contributed by atoms with Gasteiger partial charge in [-0.1, -0.05) is 19.1 Å². The molecule has 1 unspecified atom stereocenters. The second kappa shape index (κ2) is 6.10. The number of benzene rings is 1. The Labute approximate surface area is 129 Å². The Morgan fingerprint density at radius 2 is 2.09 bits per heavy atom. The zero-order chi connectivity index (χ0) is 15.5. The zero-order valence-corrected chi connectivity index (χ0v) is 12.9. The minimum Gasteiger partial charge on any atom is -0.296 e. The van der Waals surface area contributed by atoms with Crippen molar-refractivity contribution in [2.75, 3.05) is 0 Å². The number of fused-ring (bicyclic) bond motifs is 1. The van der Waals surface area contributed by atoms with Crippen LogP contribution in [0.1, 0.15) is 31.0 Å². The van der Waals surface area contributed by atoms with Crippen molar-refractivity contribution in [3.63, 3.8) is 0 Å². The van der Waals surface area contributed by atoms with Crippen LogP contribution < -0.4 is 5.56 Å². The summed E-state index contributed by atoms with van der Waals surface area (Å²) < 4.78 is 1.72. The summed E-state index contributed by atoms with van der Waals surface area (Å²) in [5.74, 6) is 0. The zero-order valence-electron chi connectivity index (χ0n) is 12.9. The van der Waals surface area contributed by atoms with Crippen LogP contribution in [0.4, 0.5) is 0 Å². The van der Waals surface area contributed by atoms with Crippen LogP contribution in [0.25, 0.3) is 10.9 Å². The lowest BCUT2D eigenvalue weighted by Crippen LogP contribution is -2.25. The SMILES string of the molecule is CCc1ccc2ncn(C(C)Cc3cccnc3)c(=O)c2c1. The maximum absolute atomic E-state index is 12.7. The maximum Gasteiger partial charge on any atom is 0.261 e. The maximum atomic E-state index is 12.7. The molecule has 3 aromatic rings. The number of pyridine rings is 1. The Hall–Kier alpha value is -2.49. The van der Waals surface area contributed by atoms with E-state index in [0.29, 0.717) is 5.39 Å². The van der Waals surface area contributed by atoms with Gasteiger partial charge in [-0.15, -0.1) is 0 Å². The largest absolute Gasteiger partial charge is 0.296 e. The van der Waals surface area contributed by atoms with Crippen LogP contribution in [0.5, 0.6) is 0 Å². The van der Waals surface area contributed by atoms with E-state index in [-0.39, 0.29) is 11.6 Å². The number of aryl methyl sites for hydroxylation is 1. The lowest BCUT2D eigenvalue weighted by Gasteiger charge is -2.15. The van der Waals surface area contributed by atoms with Gasteiger partial charge >= 0.3 is 0 Å². The summed E-state index contributed by atoms with van der Waals surface area (Å²) in [6, 6.07) is 9.88. The lowest BCUT2D eigenvalue weighted by atomic mass is 10.1. The molecule has 2 heterocycles. The van der Waals surface area contributed by atoms with Gasteiger partial charge in [0.15, 0.2) is 0 Å². The van der Waals surface area contributed by atoms with E-state index < -0.39 is 0 Å². The molecule has 22 heavy (non-hydrogen) atoms. The van der Waals surface area contributed by atoms with E-state index in [9.17, 15) is 4.79 Å². The summed E-state index contributed by atoms with van der Waals surface area (Å²) in [5.41, 5.74) is 3.05. The Morgan fingerprint density at radius 3 is 2.82 bits per heavy atom. The summed E-state index contributed by atoms with van der Waals surface area (Å²) >= 11 is 0. The molecule has 0 spiro atoms. The fourth-order valence-electron chi connectivity index (χ4n) is 2.68. The molecule has 0 amide bonds. The highest BCUT2D eigenvalue weighted by Crippen LogP contribution is 2.14. The van der Waals surface area contributed by atoms with Crippen molar-refractivity contribution in [1.29, 1.82) is 0 Å². The van der Waals surface area contributed by atoms with Crippen molar-refractivity contribution in [1.82, 2.24) is 14.5 Å². The molecule has 1 aromatic carbocycles. The fraction of sp³-hybridized carbons (Fsp3) is 0.278. The van der Waals surface area contributed by atoms with Crippen molar-refractivity contribution < 1.29 is 0 Å². The van der Waals surface area contributed by atoms with Crippen molar-refractivity contribution in [3.8, 4) is 0 Å². The van der Waals surface area contributed by atoms with Crippen LogP contribution in [-0.4, -0.2) is 14.5 Å². The van der Waals surface area contributed by atoms with Gasteiger partial charge in [0.1, 0.15) is 0 Å². The first-order chi connectivity index (χ1) is 10.7. The van der Waals surface area contributed by atoms with E-state index in [4.69, 9.17) is 0 Å². The molecule has 0 saturated heterocycles. The first kappa shape index (κ1) is 14.4. The van der Waals surface area contributed by atoms with Crippen LogP contribution in [0.15, 0.2) is 53.8 Å². The third-order valence-electron chi connectivity index (χ3n) is 3.98. The summed E-state index contributed by atoms with van der Waals surface area (Å²) in [6.45, 7) is 4.12. The van der Waals surface area contributed by atoms with Gasteiger partial charge in [0.2, 0.25) is 0 Å². The lowest BCUT2D eigenvalue weighted by molar-refractivity contribution is 0.522. The molecular weight excluding hydrogens is 274 g/mol. The molecular formula is C18H19N3O.